The average molecular weight is 277 g/mol. The van der Waals surface area contributed by atoms with Gasteiger partial charge in [-0.3, -0.25) is 19.3 Å². The van der Waals surface area contributed by atoms with E-state index in [1.807, 2.05) is 31.2 Å². The van der Waals surface area contributed by atoms with E-state index in [4.69, 9.17) is 5.11 Å². The zero-order valence-electron chi connectivity index (χ0n) is 10.1. The van der Waals surface area contributed by atoms with Crippen LogP contribution in [0.25, 0.3) is 6.08 Å². The Morgan fingerprint density at radius 3 is 2.68 bits per heavy atom. The number of aliphatic carboxylic acids is 1. The van der Waals surface area contributed by atoms with Gasteiger partial charge in [0, 0.05) is 0 Å². The molecule has 0 aliphatic carbocycles. The third kappa shape index (κ3) is 2.85. The number of carboxylic acids is 1. The minimum atomic E-state index is -1.21. The summed E-state index contributed by atoms with van der Waals surface area (Å²) < 4.78 is 0. The molecule has 1 saturated heterocycles. The summed E-state index contributed by atoms with van der Waals surface area (Å²) >= 11 is 0.763. The van der Waals surface area contributed by atoms with Gasteiger partial charge in [-0.1, -0.05) is 24.3 Å². The lowest BCUT2D eigenvalue weighted by Crippen LogP contribution is -2.33. The number of benzene rings is 1. The number of hydrogen-bond donors (Lipinski definition) is 1. The number of nitrogens with zero attached hydrogens (tertiary/aromatic N) is 1. The summed E-state index contributed by atoms with van der Waals surface area (Å²) in [5.74, 6) is -1.76. The first-order chi connectivity index (χ1) is 8.99. The summed E-state index contributed by atoms with van der Waals surface area (Å²) in [5, 5.41) is 8.11. The summed E-state index contributed by atoms with van der Waals surface area (Å²) in [5.41, 5.74) is 1.82. The van der Waals surface area contributed by atoms with Gasteiger partial charge in [-0.15, -0.1) is 0 Å². The van der Waals surface area contributed by atoms with Crippen molar-refractivity contribution in [3.05, 3.63) is 40.3 Å². The summed E-state index contributed by atoms with van der Waals surface area (Å²) in [6, 6.07) is 7.44. The monoisotopic (exact) mass is 277 g/mol. The molecule has 6 heteroatoms. The predicted molar refractivity (Wildman–Crippen MR) is 71.5 cm³/mol. The van der Waals surface area contributed by atoms with Crippen LogP contribution in [0, 0.1) is 6.92 Å². The van der Waals surface area contributed by atoms with Crippen LogP contribution in [0.1, 0.15) is 11.1 Å². The van der Waals surface area contributed by atoms with Crippen LogP contribution >= 0.6 is 11.8 Å². The molecule has 2 rings (SSSR count). The molecule has 0 spiro atoms. The number of amides is 2. The van der Waals surface area contributed by atoms with E-state index < -0.39 is 23.7 Å². The van der Waals surface area contributed by atoms with Gasteiger partial charge in [0.2, 0.25) is 0 Å². The normalized spacial score (nSPS) is 17.3. The average Bonchev–Trinajstić information content (AvgIpc) is 2.60. The molecule has 0 unspecified atom stereocenters. The fraction of sp³-hybridized carbons (Fsp3) is 0.154. The van der Waals surface area contributed by atoms with Gasteiger partial charge >= 0.3 is 5.97 Å². The predicted octanol–water partition coefficient (Wildman–Crippen LogP) is 2.12. The molecular weight excluding hydrogens is 266 g/mol. The highest BCUT2D eigenvalue weighted by Gasteiger charge is 2.36. The van der Waals surface area contributed by atoms with E-state index in [0.29, 0.717) is 0 Å². The lowest BCUT2D eigenvalue weighted by atomic mass is 10.1. The highest BCUT2D eigenvalue weighted by molar-refractivity contribution is 8.18. The molecule has 0 aromatic heterocycles. The molecule has 1 aliphatic heterocycles. The van der Waals surface area contributed by atoms with Crippen LogP contribution in [-0.4, -0.2) is 33.7 Å². The Morgan fingerprint density at radius 2 is 2.05 bits per heavy atom. The Balaban J connectivity index is 2.28. The van der Waals surface area contributed by atoms with Gasteiger partial charge in [-0.25, -0.2) is 0 Å². The largest absolute Gasteiger partial charge is 0.480 e. The molecular formula is C13H11NO4S. The van der Waals surface area contributed by atoms with Crippen LogP contribution in [0.2, 0.25) is 0 Å². The molecule has 0 bridgehead atoms. The van der Waals surface area contributed by atoms with E-state index in [1.54, 1.807) is 6.08 Å². The first-order valence-corrected chi connectivity index (χ1v) is 6.33. The van der Waals surface area contributed by atoms with Crippen LogP contribution in [-0.2, 0) is 9.59 Å². The van der Waals surface area contributed by atoms with Crippen LogP contribution in [0.4, 0.5) is 4.79 Å². The number of hydrogen-bond acceptors (Lipinski definition) is 4. The molecule has 0 saturated carbocycles. The quantitative estimate of drug-likeness (QED) is 0.856. The molecule has 0 radical (unpaired) electrons. The zero-order chi connectivity index (χ0) is 14.0. The maximum absolute atomic E-state index is 11.9. The van der Waals surface area contributed by atoms with Gasteiger partial charge in [0.1, 0.15) is 6.54 Å². The third-order valence-corrected chi connectivity index (χ3v) is 3.55. The fourth-order valence-corrected chi connectivity index (χ4v) is 2.49. The summed E-state index contributed by atoms with van der Waals surface area (Å²) in [6.07, 6.45) is 1.61. The lowest BCUT2D eigenvalue weighted by Gasteiger charge is -2.07. The molecule has 98 valence electrons. The molecule has 5 nitrogen and oxygen atoms in total. The third-order valence-electron chi connectivity index (χ3n) is 2.64. The molecule has 1 aliphatic rings. The number of thioether (sulfide) groups is 1. The van der Waals surface area contributed by atoms with Gasteiger partial charge in [-0.05, 0) is 35.9 Å². The van der Waals surface area contributed by atoms with Crippen LogP contribution in [0.15, 0.2) is 29.2 Å². The number of carbonyl (C=O) groups is 3. The SMILES string of the molecule is Cc1ccccc1/C=C1\SC(=O)N(CC(=O)O)C1=O. The summed E-state index contributed by atoms with van der Waals surface area (Å²) in [4.78, 5) is 35.1. The number of carboxylic acid groups (broad SMARTS) is 1. The van der Waals surface area contributed by atoms with Crippen molar-refractivity contribution < 1.29 is 19.5 Å². The van der Waals surface area contributed by atoms with E-state index in [0.717, 1.165) is 27.8 Å². The van der Waals surface area contributed by atoms with Crippen LogP contribution < -0.4 is 0 Å². The second-order valence-electron chi connectivity index (χ2n) is 4.02. The van der Waals surface area contributed by atoms with Crippen molar-refractivity contribution >= 4 is 35.0 Å². The molecule has 19 heavy (non-hydrogen) atoms. The fourth-order valence-electron chi connectivity index (χ4n) is 1.66. The number of carbonyl (C=O) groups excluding carboxylic acids is 2. The van der Waals surface area contributed by atoms with Gasteiger partial charge in [0.25, 0.3) is 11.1 Å². The molecule has 2 amide bonds. The minimum Gasteiger partial charge on any atom is -0.480 e. The summed E-state index contributed by atoms with van der Waals surface area (Å²) in [7, 11) is 0. The van der Waals surface area contributed by atoms with Crippen LogP contribution in [0.5, 0.6) is 0 Å². The first kappa shape index (κ1) is 13.4. The molecule has 0 atom stereocenters. The zero-order valence-corrected chi connectivity index (χ0v) is 10.9. The maximum atomic E-state index is 11.9. The van der Waals surface area contributed by atoms with Gasteiger partial charge in [-0.2, -0.15) is 0 Å². The summed E-state index contributed by atoms with van der Waals surface area (Å²) in [6.45, 7) is 1.29. The van der Waals surface area contributed by atoms with Crippen molar-refractivity contribution in [1.29, 1.82) is 0 Å². The number of rotatable bonds is 3. The minimum absolute atomic E-state index is 0.251. The highest BCUT2D eigenvalue weighted by Crippen LogP contribution is 2.32. The van der Waals surface area contributed by atoms with Crippen molar-refractivity contribution in [3.8, 4) is 0 Å². The van der Waals surface area contributed by atoms with Crippen molar-refractivity contribution in [3.63, 3.8) is 0 Å². The van der Waals surface area contributed by atoms with Gasteiger partial charge in [0.15, 0.2) is 0 Å². The number of aryl methyl sites for hydroxylation is 1. The Kier molecular flexibility index (Phi) is 3.71. The highest BCUT2D eigenvalue weighted by atomic mass is 32.2. The Bertz CT molecular complexity index is 594. The van der Waals surface area contributed by atoms with E-state index in [9.17, 15) is 14.4 Å². The standard InChI is InChI=1S/C13H11NO4S/c1-8-4-2-3-5-9(8)6-10-12(17)14(7-11(15)16)13(18)19-10/h2-6H,7H2,1H3,(H,15,16)/b10-6-. The Hall–Kier alpha value is -2.08. The molecule has 1 fully saturated rings. The number of imide groups is 1. The Labute approximate surface area is 113 Å². The van der Waals surface area contributed by atoms with E-state index >= 15 is 0 Å². The van der Waals surface area contributed by atoms with Crippen molar-refractivity contribution in [2.24, 2.45) is 0 Å². The van der Waals surface area contributed by atoms with Crippen molar-refractivity contribution in [2.75, 3.05) is 6.54 Å². The van der Waals surface area contributed by atoms with Crippen molar-refractivity contribution in [2.45, 2.75) is 6.92 Å². The van der Waals surface area contributed by atoms with Crippen molar-refractivity contribution in [1.82, 2.24) is 4.90 Å². The molecule has 1 aromatic rings. The first-order valence-electron chi connectivity index (χ1n) is 5.52. The Morgan fingerprint density at radius 1 is 1.37 bits per heavy atom. The maximum Gasteiger partial charge on any atom is 0.323 e. The smallest absolute Gasteiger partial charge is 0.323 e. The van der Waals surface area contributed by atoms with Crippen LogP contribution in [0.3, 0.4) is 0 Å². The second-order valence-corrected chi connectivity index (χ2v) is 5.01. The van der Waals surface area contributed by atoms with Gasteiger partial charge in [0.05, 0.1) is 4.91 Å². The van der Waals surface area contributed by atoms with Gasteiger partial charge < -0.3 is 5.11 Å². The second kappa shape index (κ2) is 5.27. The van der Waals surface area contributed by atoms with E-state index in [1.165, 1.54) is 0 Å². The lowest BCUT2D eigenvalue weighted by molar-refractivity contribution is -0.140. The van der Waals surface area contributed by atoms with E-state index in [-0.39, 0.29) is 4.91 Å². The molecule has 1 aromatic carbocycles. The molecule has 1 heterocycles. The topological polar surface area (TPSA) is 74.7 Å². The van der Waals surface area contributed by atoms with E-state index in [2.05, 4.69) is 0 Å². The molecule has 1 N–H and O–H groups in total.